The summed E-state index contributed by atoms with van der Waals surface area (Å²) in [7, 11) is 0. The molecule has 4 aromatic carbocycles. The van der Waals surface area contributed by atoms with Gasteiger partial charge < -0.3 is 24.1 Å². The fraction of sp³-hybridized carbons (Fsp3) is 0.293. The molecule has 0 radical (unpaired) electrons. The van der Waals surface area contributed by atoms with Crippen LogP contribution < -0.4 is 14.8 Å². The molecule has 0 spiro atoms. The number of amides is 1. The number of hydrogen-bond acceptors (Lipinski definition) is 7. The molecule has 0 saturated carbocycles. The first-order chi connectivity index (χ1) is 26.0. The van der Waals surface area contributed by atoms with Gasteiger partial charge in [-0.2, -0.15) is 5.10 Å². The number of fused-ring (bicyclic) bond motifs is 3. The molecule has 2 aromatic heterocycles. The number of aromatic nitrogens is 4. The van der Waals surface area contributed by atoms with Crippen LogP contribution in [0, 0.1) is 12.7 Å². The van der Waals surface area contributed by atoms with Gasteiger partial charge in [0.1, 0.15) is 17.2 Å². The minimum absolute atomic E-state index is 0.120. The fourth-order valence-electron chi connectivity index (χ4n) is 7.66. The van der Waals surface area contributed by atoms with Crippen molar-refractivity contribution in [3.05, 3.63) is 117 Å². The molecule has 2 N–H and O–H groups in total. The number of carbonyl (C=O) groups excluding carboxylic acids is 1. The van der Waals surface area contributed by atoms with Gasteiger partial charge in [-0.25, -0.2) is 9.37 Å². The smallest absolute Gasteiger partial charge is 0.278 e. The molecule has 1 amide bonds. The van der Waals surface area contributed by atoms with Crippen molar-refractivity contribution in [2.45, 2.75) is 64.6 Å². The number of aromatic amines is 1. The molecule has 1 saturated heterocycles. The number of nitrogens with zero attached hydrogens (tertiary/aromatic N) is 4. The summed E-state index contributed by atoms with van der Waals surface area (Å²) in [5.41, 5.74) is 6.66. The van der Waals surface area contributed by atoms with E-state index in [0.717, 1.165) is 58.5 Å². The van der Waals surface area contributed by atoms with Gasteiger partial charge in [0.25, 0.3) is 11.7 Å². The van der Waals surface area contributed by atoms with E-state index in [2.05, 4.69) is 38.0 Å². The van der Waals surface area contributed by atoms with Crippen LogP contribution in [0.5, 0.6) is 11.5 Å². The summed E-state index contributed by atoms with van der Waals surface area (Å²) in [6, 6.07) is 19.7. The van der Waals surface area contributed by atoms with E-state index in [-0.39, 0.29) is 23.6 Å². The Balaban J connectivity index is 0.959. The van der Waals surface area contributed by atoms with Gasteiger partial charge >= 0.3 is 0 Å². The zero-order chi connectivity index (χ0) is 37.3. The molecule has 9 rings (SSSR count). The number of para-hydroxylation sites is 1. The topological polar surface area (TPSA) is 107 Å². The third-order valence-electron chi connectivity index (χ3n) is 10.7. The number of benzene rings is 4. The molecule has 3 aliphatic rings. The highest BCUT2D eigenvalue weighted by molar-refractivity contribution is 6.35. The van der Waals surface area contributed by atoms with Gasteiger partial charge in [-0.1, -0.05) is 41.4 Å². The maximum atomic E-state index is 15.0. The van der Waals surface area contributed by atoms with Crippen LogP contribution in [0.4, 0.5) is 10.1 Å². The summed E-state index contributed by atoms with van der Waals surface area (Å²) < 4.78 is 35.7. The zero-order valence-corrected chi connectivity index (χ0v) is 31.4. The maximum absolute atomic E-state index is 15.0. The molecule has 2 unspecified atom stereocenters. The van der Waals surface area contributed by atoms with Crippen LogP contribution in [0.2, 0.25) is 10.0 Å². The largest absolute Gasteiger partial charge is 0.444 e. The number of rotatable bonds is 8. The number of carbonyl (C=O) groups is 1. The minimum atomic E-state index is -1.33. The Morgan fingerprint density at radius 1 is 1.11 bits per heavy atom. The van der Waals surface area contributed by atoms with Crippen LogP contribution in [-0.2, 0) is 23.6 Å². The zero-order valence-electron chi connectivity index (χ0n) is 29.9. The molecule has 0 aliphatic carbocycles. The highest BCUT2D eigenvalue weighted by atomic mass is 35.5. The van der Waals surface area contributed by atoms with Crippen LogP contribution in [0.25, 0.3) is 27.5 Å². The SMILES string of the molecule is Cc1[nH]nc2c(Cl)cc(NC(=O)c3ccc4c(c3)nc(CN3CC=C(c5cccc6c5OC(C)(c5ccc(Cl)cc5F)O6)C[C@@H]3C)n4CC3CCO3)cc12. The Morgan fingerprint density at radius 3 is 2.74 bits per heavy atom. The van der Waals surface area contributed by atoms with Gasteiger partial charge in [-0.05, 0) is 86.9 Å². The molecule has 54 heavy (non-hydrogen) atoms. The van der Waals surface area contributed by atoms with Crippen molar-refractivity contribution < 1.29 is 23.4 Å². The standard InChI is InChI=1S/C41H37Cl2FN6O4/c1-22-15-24(29-5-4-6-36-39(29)54-41(3,53-36)31-9-8-26(42)17-33(31)44)11-13-49(22)21-37-46-34-16-25(7-10-35(34)50(37)20-28-12-14-52-28)40(51)45-27-18-30-23(2)47-48-38(30)32(43)19-27/h4-11,16-19,22,28H,12-15,20-21H2,1-3H3,(H,45,51)(H,47,48)/t22-,28?,41?/m0/s1. The minimum Gasteiger partial charge on any atom is -0.444 e. The highest BCUT2D eigenvalue weighted by Gasteiger charge is 2.42. The summed E-state index contributed by atoms with van der Waals surface area (Å²) >= 11 is 12.5. The van der Waals surface area contributed by atoms with E-state index in [1.807, 2.05) is 49.4 Å². The van der Waals surface area contributed by atoms with Crippen LogP contribution in [-0.4, -0.2) is 55.9 Å². The van der Waals surface area contributed by atoms with Gasteiger partial charge in [0, 0.05) is 59.0 Å². The summed E-state index contributed by atoms with van der Waals surface area (Å²) in [5.74, 6) is 0.00779. The molecule has 3 atom stereocenters. The third-order valence-corrected chi connectivity index (χ3v) is 11.3. The van der Waals surface area contributed by atoms with Crippen molar-refractivity contribution >= 4 is 62.3 Å². The molecule has 6 aromatic rings. The second kappa shape index (κ2) is 13.4. The number of imidazole rings is 1. The average molecular weight is 768 g/mol. The number of halogens is 3. The van der Waals surface area contributed by atoms with Gasteiger partial charge in [0.05, 0.1) is 40.8 Å². The third kappa shape index (κ3) is 6.18. The first kappa shape index (κ1) is 34.8. The quantitative estimate of drug-likeness (QED) is 0.159. The maximum Gasteiger partial charge on any atom is 0.278 e. The summed E-state index contributed by atoms with van der Waals surface area (Å²) in [5, 5.41) is 11.8. The number of ether oxygens (including phenoxy) is 3. The van der Waals surface area contributed by atoms with E-state index in [1.165, 1.54) is 6.07 Å². The molecule has 5 heterocycles. The molecule has 1 fully saturated rings. The molecule has 0 bridgehead atoms. The fourth-order valence-corrected chi connectivity index (χ4v) is 8.08. The van der Waals surface area contributed by atoms with Crippen molar-refractivity contribution in [2.24, 2.45) is 0 Å². The lowest BCUT2D eigenvalue weighted by atomic mass is 9.94. The first-order valence-electron chi connectivity index (χ1n) is 18.0. The number of aryl methyl sites for hydroxylation is 1. The molecular formula is C41H37Cl2FN6O4. The van der Waals surface area contributed by atoms with E-state index in [1.54, 1.807) is 25.1 Å². The van der Waals surface area contributed by atoms with Crippen molar-refractivity contribution in [1.29, 1.82) is 0 Å². The van der Waals surface area contributed by atoms with Gasteiger partial charge in [0.2, 0.25) is 0 Å². The van der Waals surface area contributed by atoms with Crippen LogP contribution in [0.15, 0.2) is 72.8 Å². The lowest BCUT2D eigenvalue weighted by Crippen LogP contribution is -2.37. The number of hydrogen-bond donors (Lipinski definition) is 2. The molecule has 276 valence electrons. The Labute approximate surface area is 320 Å². The molecular weight excluding hydrogens is 730 g/mol. The second-order valence-electron chi connectivity index (χ2n) is 14.4. The molecule has 13 heteroatoms. The van der Waals surface area contributed by atoms with Crippen LogP contribution >= 0.6 is 23.2 Å². The summed E-state index contributed by atoms with van der Waals surface area (Å²) in [6.07, 6.45) is 4.09. The Kier molecular flexibility index (Phi) is 8.65. The monoisotopic (exact) mass is 766 g/mol. The van der Waals surface area contributed by atoms with Crippen molar-refractivity contribution in [1.82, 2.24) is 24.6 Å². The van der Waals surface area contributed by atoms with E-state index in [0.29, 0.717) is 57.9 Å². The summed E-state index contributed by atoms with van der Waals surface area (Å²) in [4.78, 5) is 21.0. The molecule has 10 nitrogen and oxygen atoms in total. The lowest BCUT2D eigenvalue weighted by Gasteiger charge is -2.34. The van der Waals surface area contributed by atoms with E-state index in [9.17, 15) is 9.18 Å². The van der Waals surface area contributed by atoms with E-state index < -0.39 is 11.6 Å². The molecule has 3 aliphatic heterocycles. The Bertz CT molecular complexity index is 2510. The van der Waals surface area contributed by atoms with Crippen molar-refractivity contribution in [3.63, 3.8) is 0 Å². The van der Waals surface area contributed by atoms with Gasteiger partial charge in [0.15, 0.2) is 11.5 Å². The Morgan fingerprint density at radius 2 is 1.96 bits per heavy atom. The number of H-pyrrole nitrogens is 1. The first-order valence-corrected chi connectivity index (χ1v) is 18.7. The van der Waals surface area contributed by atoms with Crippen LogP contribution in [0.3, 0.4) is 0 Å². The van der Waals surface area contributed by atoms with Gasteiger partial charge in [-0.3, -0.25) is 14.8 Å². The highest BCUT2D eigenvalue weighted by Crippen LogP contribution is 2.49. The van der Waals surface area contributed by atoms with Crippen molar-refractivity contribution in [3.8, 4) is 11.5 Å². The number of anilines is 1. The van der Waals surface area contributed by atoms with E-state index in [4.69, 9.17) is 42.4 Å². The summed E-state index contributed by atoms with van der Waals surface area (Å²) in [6.45, 7) is 8.57. The normalized spacial score (nSPS) is 21.0. The predicted octanol–water partition coefficient (Wildman–Crippen LogP) is 9.03. The van der Waals surface area contributed by atoms with Crippen LogP contribution in [0.1, 0.15) is 59.7 Å². The van der Waals surface area contributed by atoms with E-state index >= 15 is 0 Å². The lowest BCUT2D eigenvalue weighted by molar-refractivity contribution is -0.0708. The second-order valence-corrected chi connectivity index (χ2v) is 15.2. The van der Waals surface area contributed by atoms with Gasteiger partial charge in [-0.15, -0.1) is 0 Å². The number of nitrogens with one attached hydrogen (secondary N) is 2. The average Bonchev–Trinajstić information content (AvgIpc) is 3.79. The Hall–Kier alpha value is -4.94. The van der Waals surface area contributed by atoms with Crippen molar-refractivity contribution in [2.75, 3.05) is 18.5 Å². The predicted molar refractivity (Wildman–Crippen MR) is 207 cm³/mol.